The Hall–Kier alpha value is -3.84. The van der Waals surface area contributed by atoms with Gasteiger partial charge in [-0.1, -0.05) is 36.4 Å². The number of fused-ring (bicyclic) bond motifs is 3. The summed E-state index contributed by atoms with van der Waals surface area (Å²) >= 11 is 0. The summed E-state index contributed by atoms with van der Waals surface area (Å²) in [6.07, 6.45) is 3.59. The summed E-state index contributed by atoms with van der Waals surface area (Å²) in [4.78, 5) is 26.2. The van der Waals surface area contributed by atoms with E-state index < -0.39 is 6.10 Å². The molecule has 0 amide bonds. The predicted molar refractivity (Wildman–Crippen MR) is 129 cm³/mol. The van der Waals surface area contributed by atoms with Gasteiger partial charge in [0.25, 0.3) is 5.56 Å². The number of aryl methyl sites for hydroxylation is 1. The minimum absolute atomic E-state index is 0.313. The number of hydrogen-bond donors (Lipinski definition) is 0. The van der Waals surface area contributed by atoms with Gasteiger partial charge in [0, 0.05) is 20.6 Å². The summed E-state index contributed by atoms with van der Waals surface area (Å²) in [6.45, 7) is 1.08. The Morgan fingerprint density at radius 2 is 1.73 bits per heavy atom. The zero-order valence-corrected chi connectivity index (χ0v) is 18.8. The third-order valence-corrected chi connectivity index (χ3v) is 6.21. The molecule has 0 fully saturated rings. The average molecular weight is 444 g/mol. The highest BCUT2D eigenvalue weighted by Gasteiger charge is 2.31. The van der Waals surface area contributed by atoms with Crippen LogP contribution in [0.3, 0.4) is 0 Å². The van der Waals surface area contributed by atoms with Crippen molar-refractivity contribution in [1.29, 1.82) is 0 Å². The lowest BCUT2D eigenvalue weighted by Gasteiger charge is -2.25. The monoisotopic (exact) mass is 443 g/mol. The fourth-order valence-corrected chi connectivity index (χ4v) is 4.57. The van der Waals surface area contributed by atoms with Crippen LogP contribution in [-0.4, -0.2) is 27.4 Å². The third-order valence-electron chi connectivity index (χ3n) is 6.21. The lowest BCUT2D eigenvalue weighted by atomic mass is 10.1. The molecule has 1 aliphatic rings. The summed E-state index contributed by atoms with van der Waals surface area (Å²) in [6, 6.07) is 17.6. The molecule has 0 N–H and O–H groups in total. The number of hydrogen-bond acceptors (Lipinski definition) is 4. The number of nitrogens with zero attached hydrogens (tertiary/aromatic N) is 3. The zero-order valence-electron chi connectivity index (χ0n) is 18.8. The van der Waals surface area contributed by atoms with Crippen LogP contribution in [0.4, 0.5) is 0 Å². The van der Waals surface area contributed by atoms with Crippen LogP contribution in [0.5, 0.6) is 5.75 Å². The van der Waals surface area contributed by atoms with E-state index in [4.69, 9.17) is 9.47 Å². The van der Waals surface area contributed by atoms with Crippen molar-refractivity contribution in [2.45, 2.75) is 12.6 Å². The molecule has 0 saturated heterocycles. The molecular formula is C26H25N3O4. The Kier molecular flexibility index (Phi) is 5.26. The van der Waals surface area contributed by atoms with E-state index >= 15 is 0 Å². The highest BCUT2D eigenvalue weighted by atomic mass is 16.5. The molecular weight excluding hydrogens is 418 g/mol. The molecule has 1 aliphatic heterocycles. The third kappa shape index (κ3) is 3.41. The van der Waals surface area contributed by atoms with Gasteiger partial charge in [-0.25, -0.2) is 4.79 Å². The second-order valence-electron chi connectivity index (χ2n) is 8.10. The molecule has 0 aliphatic carbocycles. The fraction of sp³-hybridized carbons (Fsp3) is 0.231. The van der Waals surface area contributed by atoms with Gasteiger partial charge >= 0.3 is 5.69 Å². The van der Waals surface area contributed by atoms with Gasteiger partial charge in [-0.15, -0.1) is 0 Å². The van der Waals surface area contributed by atoms with Gasteiger partial charge in [-0.2, -0.15) is 0 Å². The van der Waals surface area contributed by atoms with Crippen LogP contribution in [0.1, 0.15) is 17.4 Å². The maximum absolute atomic E-state index is 13.4. The van der Waals surface area contributed by atoms with E-state index in [1.165, 1.54) is 7.05 Å². The molecule has 2 aromatic heterocycles. The van der Waals surface area contributed by atoms with E-state index in [1.54, 1.807) is 18.7 Å². The molecule has 7 nitrogen and oxygen atoms in total. The summed E-state index contributed by atoms with van der Waals surface area (Å²) in [7, 11) is 4.84. The molecule has 1 atom stereocenters. The summed E-state index contributed by atoms with van der Waals surface area (Å²) in [5.41, 5.74) is 3.47. The summed E-state index contributed by atoms with van der Waals surface area (Å²) in [5.74, 6) is 0.737. The van der Waals surface area contributed by atoms with Gasteiger partial charge in [0.15, 0.2) is 0 Å². The van der Waals surface area contributed by atoms with Crippen molar-refractivity contribution in [2.75, 3.05) is 13.7 Å². The molecule has 0 bridgehead atoms. The van der Waals surface area contributed by atoms with E-state index in [9.17, 15) is 9.59 Å². The zero-order chi connectivity index (χ0) is 23.1. The molecule has 4 aromatic rings. The second-order valence-corrected chi connectivity index (χ2v) is 8.10. The van der Waals surface area contributed by atoms with Gasteiger partial charge in [-0.05, 0) is 41.5 Å². The molecule has 0 unspecified atom stereocenters. The lowest BCUT2D eigenvalue weighted by Crippen LogP contribution is -2.37. The Bertz CT molecular complexity index is 1470. The highest BCUT2D eigenvalue weighted by molar-refractivity contribution is 5.96. The molecule has 5 rings (SSSR count). The van der Waals surface area contributed by atoms with Gasteiger partial charge in [-0.3, -0.25) is 13.9 Å². The molecule has 7 heteroatoms. The molecule has 33 heavy (non-hydrogen) atoms. The number of rotatable bonds is 4. The van der Waals surface area contributed by atoms with Crippen molar-refractivity contribution in [3.05, 3.63) is 92.8 Å². The molecule has 2 aromatic carbocycles. The Balaban J connectivity index is 1.81. The first-order valence-electron chi connectivity index (χ1n) is 10.8. The van der Waals surface area contributed by atoms with Crippen LogP contribution in [0.2, 0.25) is 0 Å². The molecule has 0 saturated carbocycles. The fourth-order valence-electron chi connectivity index (χ4n) is 4.57. The van der Waals surface area contributed by atoms with Crippen LogP contribution < -0.4 is 16.0 Å². The van der Waals surface area contributed by atoms with Crippen LogP contribution in [0.15, 0.2) is 70.3 Å². The van der Waals surface area contributed by atoms with Gasteiger partial charge < -0.3 is 14.0 Å². The van der Waals surface area contributed by atoms with Crippen LogP contribution in [-0.2, 0) is 25.4 Å². The van der Waals surface area contributed by atoms with Crippen molar-refractivity contribution >= 4 is 17.0 Å². The number of aromatic nitrogens is 3. The number of ether oxygens (including phenoxy) is 2. The summed E-state index contributed by atoms with van der Waals surface area (Å²) < 4.78 is 16.3. The van der Waals surface area contributed by atoms with Crippen molar-refractivity contribution in [3.63, 3.8) is 0 Å². The first-order valence-corrected chi connectivity index (χ1v) is 10.8. The molecule has 0 radical (unpaired) electrons. The smallest absolute Gasteiger partial charge is 0.331 e. The quantitative estimate of drug-likeness (QED) is 0.484. The highest BCUT2D eigenvalue weighted by Crippen LogP contribution is 2.39. The van der Waals surface area contributed by atoms with Crippen molar-refractivity contribution in [3.8, 4) is 17.0 Å². The maximum atomic E-state index is 13.4. The van der Waals surface area contributed by atoms with E-state index in [1.807, 2.05) is 66.7 Å². The van der Waals surface area contributed by atoms with Gasteiger partial charge in [0.05, 0.1) is 36.0 Å². The largest absolute Gasteiger partial charge is 0.497 e. The minimum Gasteiger partial charge on any atom is -0.497 e. The topological polar surface area (TPSA) is 67.4 Å². The first-order chi connectivity index (χ1) is 16.0. The van der Waals surface area contributed by atoms with Crippen LogP contribution >= 0.6 is 0 Å². The van der Waals surface area contributed by atoms with Crippen molar-refractivity contribution in [1.82, 2.24) is 13.7 Å². The molecule has 3 heterocycles. The minimum atomic E-state index is -0.397. The van der Waals surface area contributed by atoms with Crippen molar-refractivity contribution in [2.24, 2.45) is 14.1 Å². The Labute approximate surface area is 190 Å². The normalized spacial score (nSPS) is 15.8. The van der Waals surface area contributed by atoms with Gasteiger partial charge in [0.1, 0.15) is 11.9 Å². The SMILES string of the molecule is COc1ccc(-c2c3c(=O)n(C)c(=O)n(C)c3c3n2CCO[C@H]3/C=C/c2ccccc2)cc1. The average Bonchev–Trinajstić information content (AvgIpc) is 3.21. The van der Waals surface area contributed by atoms with E-state index in [-0.39, 0.29) is 11.2 Å². The van der Waals surface area contributed by atoms with E-state index in [0.717, 1.165) is 32.8 Å². The Morgan fingerprint density at radius 1 is 1.00 bits per heavy atom. The van der Waals surface area contributed by atoms with E-state index in [0.29, 0.717) is 24.1 Å². The number of methoxy groups -OCH3 is 1. The molecule has 0 spiro atoms. The Morgan fingerprint density at radius 3 is 2.42 bits per heavy atom. The van der Waals surface area contributed by atoms with Gasteiger partial charge in [0.2, 0.25) is 0 Å². The first kappa shape index (κ1) is 21.0. The van der Waals surface area contributed by atoms with Crippen LogP contribution in [0.25, 0.3) is 28.2 Å². The van der Waals surface area contributed by atoms with E-state index in [2.05, 4.69) is 4.57 Å². The lowest BCUT2D eigenvalue weighted by molar-refractivity contribution is 0.0532. The number of benzene rings is 2. The standard InChI is InChI=1S/C26H25N3O4/c1-27-24-21(25(30)28(2)26(27)31)22(18-10-12-19(32-3)13-11-18)29-15-16-33-20(23(24)29)14-9-17-7-5-4-6-8-17/h4-14,20H,15-16H2,1-3H3/b14-9+/t20-/m0/s1. The van der Waals surface area contributed by atoms with Crippen molar-refractivity contribution < 1.29 is 9.47 Å². The molecule has 168 valence electrons. The maximum Gasteiger partial charge on any atom is 0.331 e. The second kappa shape index (κ2) is 8.26. The summed E-state index contributed by atoms with van der Waals surface area (Å²) in [5, 5.41) is 0.517. The van der Waals surface area contributed by atoms with Crippen LogP contribution in [0, 0.1) is 0 Å². The predicted octanol–water partition coefficient (Wildman–Crippen LogP) is 3.50.